The molecule has 164 valence electrons. The molecule has 1 saturated heterocycles. The molecular weight excluding hydrogens is 431 g/mol. The van der Waals surface area contributed by atoms with E-state index in [0.29, 0.717) is 6.42 Å². The first-order valence-electron chi connectivity index (χ1n) is 10.8. The molecule has 31 heavy (non-hydrogen) atoms. The summed E-state index contributed by atoms with van der Waals surface area (Å²) < 4.78 is 15.6. The minimum atomic E-state index is -0.260. The number of thiophene rings is 1. The Bertz CT molecular complexity index is 982. The highest BCUT2D eigenvalue weighted by molar-refractivity contribution is 7.99. The van der Waals surface area contributed by atoms with E-state index >= 15 is 0 Å². The molecular formula is C23H27FN4OS2. The van der Waals surface area contributed by atoms with Crippen molar-refractivity contribution in [1.82, 2.24) is 19.7 Å². The third-order valence-corrected chi connectivity index (χ3v) is 7.56. The van der Waals surface area contributed by atoms with Gasteiger partial charge in [-0.3, -0.25) is 14.3 Å². The van der Waals surface area contributed by atoms with Crippen molar-refractivity contribution in [3.63, 3.8) is 0 Å². The molecule has 1 aliphatic heterocycles. The highest BCUT2D eigenvalue weighted by Crippen LogP contribution is 2.30. The predicted molar refractivity (Wildman–Crippen MR) is 124 cm³/mol. The lowest BCUT2D eigenvalue weighted by Crippen LogP contribution is -2.33. The second-order valence-electron chi connectivity index (χ2n) is 7.78. The van der Waals surface area contributed by atoms with Gasteiger partial charge in [0.25, 0.3) is 0 Å². The minimum Gasteiger partial charge on any atom is -0.294 e. The number of thioether (sulfide) groups is 1. The zero-order valence-electron chi connectivity index (χ0n) is 17.7. The van der Waals surface area contributed by atoms with E-state index in [2.05, 4.69) is 22.0 Å². The summed E-state index contributed by atoms with van der Waals surface area (Å²) in [6, 6.07) is 10.4. The number of carbonyl (C=O) groups excluding carboxylic acids is 1. The Labute approximate surface area is 190 Å². The Kier molecular flexibility index (Phi) is 7.53. The van der Waals surface area contributed by atoms with Gasteiger partial charge in [-0.1, -0.05) is 24.2 Å². The van der Waals surface area contributed by atoms with Crippen LogP contribution in [0.2, 0.25) is 0 Å². The molecule has 0 saturated carbocycles. The normalized spacial score (nSPS) is 15.8. The third-order valence-electron chi connectivity index (χ3n) is 5.63. The summed E-state index contributed by atoms with van der Waals surface area (Å²) in [7, 11) is 0. The molecule has 0 amide bonds. The smallest absolute Gasteiger partial charge is 0.195 e. The van der Waals surface area contributed by atoms with Crippen molar-refractivity contribution in [2.24, 2.45) is 0 Å². The van der Waals surface area contributed by atoms with Gasteiger partial charge in [-0.25, -0.2) is 4.39 Å². The van der Waals surface area contributed by atoms with Gasteiger partial charge >= 0.3 is 0 Å². The molecule has 8 heteroatoms. The van der Waals surface area contributed by atoms with Gasteiger partial charge in [-0.2, -0.15) is 0 Å². The SMILES string of the molecule is C[C@H](c1nnc(SCCCC(=O)c2cccs2)n1-c1ccc(F)cc1)N1CCCCC1. The van der Waals surface area contributed by atoms with Crippen LogP contribution in [0.4, 0.5) is 4.39 Å². The van der Waals surface area contributed by atoms with Gasteiger partial charge in [0.15, 0.2) is 16.8 Å². The van der Waals surface area contributed by atoms with E-state index in [4.69, 9.17) is 0 Å². The van der Waals surface area contributed by atoms with Crippen LogP contribution < -0.4 is 0 Å². The average Bonchev–Trinajstić information content (AvgIpc) is 3.48. The quantitative estimate of drug-likeness (QED) is 0.231. The molecule has 4 rings (SSSR count). The number of halogens is 1. The molecule has 1 aromatic carbocycles. The lowest BCUT2D eigenvalue weighted by Gasteiger charge is -2.31. The largest absolute Gasteiger partial charge is 0.294 e. The van der Waals surface area contributed by atoms with Crippen molar-refractivity contribution in [3.05, 3.63) is 58.3 Å². The fraction of sp³-hybridized carbons (Fsp3) is 0.435. The minimum absolute atomic E-state index is 0.132. The van der Waals surface area contributed by atoms with Crippen LogP contribution in [-0.4, -0.2) is 44.3 Å². The second-order valence-corrected chi connectivity index (χ2v) is 9.79. The van der Waals surface area contributed by atoms with E-state index in [0.717, 1.165) is 46.8 Å². The fourth-order valence-corrected chi connectivity index (χ4v) is 5.50. The Morgan fingerprint density at radius 3 is 2.65 bits per heavy atom. The van der Waals surface area contributed by atoms with Crippen molar-refractivity contribution in [2.45, 2.75) is 50.2 Å². The van der Waals surface area contributed by atoms with Crippen LogP contribution in [0.15, 0.2) is 46.9 Å². The molecule has 0 unspecified atom stereocenters. The second kappa shape index (κ2) is 10.5. The van der Waals surface area contributed by atoms with Crippen LogP contribution in [0.3, 0.4) is 0 Å². The van der Waals surface area contributed by atoms with Crippen molar-refractivity contribution < 1.29 is 9.18 Å². The van der Waals surface area contributed by atoms with Crippen LogP contribution >= 0.6 is 23.1 Å². The van der Waals surface area contributed by atoms with Crippen LogP contribution in [0.25, 0.3) is 5.69 Å². The molecule has 0 bridgehead atoms. The number of Topliss-reactive ketones (excluding diaryl/α,β-unsaturated/α-hetero) is 1. The Morgan fingerprint density at radius 1 is 1.16 bits per heavy atom. The topological polar surface area (TPSA) is 51.0 Å². The van der Waals surface area contributed by atoms with E-state index in [1.54, 1.807) is 23.9 Å². The van der Waals surface area contributed by atoms with Gasteiger partial charge in [0.1, 0.15) is 5.82 Å². The summed E-state index contributed by atoms with van der Waals surface area (Å²) in [4.78, 5) is 15.5. The number of aromatic nitrogens is 3. The van der Waals surface area contributed by atoms with Crippen LogP contribution in [-0.2, 0) is 0 Å². The molecule has 1 fully saturated rings. The molecule has 0 N–H and O–H groups in total. The number of hydrogen-bond donors (Lipinski definition) is 0. The standard InChI is InChI=1S/C23H27FN4OS2/c1-17(27-13-3-2-4-14-27)22-25-26-23(28(22)19-11-9-18(24)10-12-19)31-16-5-7-20(29)21-8-6-15-30-21/h6,8-12,15,17H,2-5,7,13-14,16H2,1H3/t17-/m1/s1. The summed E-state index contributed by atoms with van der Waals surface area (Å²) in [5.74, 6) is 1.58. The molecule has 5 nitrogen and oxygen atoms in total. The highest BCUT2D eigenvalue weighted by atomic mass is 32.2. The van der Waals surface area contributed by atoms with Crippen molar-refractivity contribution in [2.75, 3.05) is 18.8 Å². The first kappa shape index (κ1) is 22.2. The zero-order valence-corrected chi connectivity index (χ0v) is 19.3. The van der Waals surface area contributed by atoms with Gasteiger partial charge in [0.05, 0.1) is 10.9 Å². The lowest BCUT2D eigenvalue weighted by molar-refractivity contribution is 0.0986. The first-order chi connectivity index (χ1) is 15.1. The fourth-order valence-electron chi connectivity index (χ4n) is 3.90. The summed E-state index contributed by atoms with van der Waals surface area (Å²) in [6.07, 6.45) is 4.98. The average molecular weight is 459 g/mol. The highest BCUT2D eigenvalue weighted by Gasteiger charge is 2.25. The maximum atomic E-state index is 13.5. The van der Waals surface area contributed by atoms with E-state index in [9.17, 15) is 9.18 Å². The number of hydrogen-bond acceptors (Lipinski definition) is 6. The number of rotatable bonds is 9. The van der Waals surface area contributed by atoms with Crippen molar-refractivity contribution in [3.8, 4) is 5.69 Å². The number of piperidine rings is 1. The molecule has 2 aromatic heterocycles. The van der Waals surface area contributed by atoms with Gasteiger partial charge in [0.2, 0.25) is 0 Å². The number of carbonyl (C=O) groups is 1. The van der Waals surface area contributed by atoms with Crippen LogP contribution in [0, 0.1) is 5.82 Å². The molecule has 3 aromatic rings. The predicted octanol–water partition coefficient (Wildman–Crippen LogP) is 5.77. The van der Waals surface area contributed by atoms with Crippen LogP contribution in [0.1, 0.15) is 60.6 Å². The van der Waals surface area contributed by atoms with Gasteiger partial charge in [-0.15, -0.1) is 21.5 Å². The van der Waals surface area contributed by atoms with Crippen molar-refractivity contribution >= 4 is 28.9 Å². The number of likely N-dealkylation sites (tertiary alicyclic amines) is 1. The number of ketones is 1. The molecule has 0 radical (unpaired) electrons. The zero-order chi connectivity index (χ0) is 21.6. The van der Waals surface area contributed by atoms with Gasteiger partial charge < -0.3 is 0 Å². The molecule has 0 aliphatic carbocycles. The van der Waals surface area contributed by atoms with E-state index in [-0.39, 0.29) is 17.6 Å². The van der Waals surface area contributed by atoms with Crippen LogP contribution in [0.5, 0.6) is 0 Å². The van der Waals surface area contributed by atoms with Gasteiger partial charge in [0, 0.05) is 17.9 Å². The Morgan fingerprint density at radius 2 is 1.94 bits per heavy atom. The molecule has 1 aliphatic rings. The van der Waals surface area contributed by atoms with Crippen molar-refractivity contribution in [1.29, 1.82) is 0 Å². The molecule has 0 spiro atoms. The summed E-state index contributed by atoms with van der Waals surface area (Å²) in [5.41, 5.74) is 0.863. The summed E-state index contributed by atoms with van der Waals surface area (Å²) in [6.45, 7) is 4.29. The molecule has 3 heterocycles. The molecule has 1 atom stereocenters. The number of benzene rings is 1. The monoisotopic (exact) mass is 458 g/mol. The van der Waals surface area contributed by atoms with E-state index in [1.165, 1.54) is 42.7 Å². The third kappa shape index (κ3) is 5.42. The lowest BCUT2D eigenvalue weighted by atomic mass is 10.1. The first-order valence-corrected chi connectivity index (χ1v) is 12.6. The van der Waals surface area contributed by atoms with E-state index < -0.39 is 0 Å². The maximum Gasteiger partial charge on any atom is 0.195 e. The Hall–Kier alpha value is -2.03. The van der Waals surface area contributed by atoms with Gasteiger partial charge in [-0.05, 0) is 75.0 Å². The Balaban J connectivity index is 1.49. The number of nitrogens with zero attached hydrogens (tertiary/aromatic N) is 4. The maximum absolute atomic E-state index is 13.5. The summed E-state index contributed by atoms with van der Waals surface area (Å²) >= 11 is 3.09. The van der Waals surface area contributed by atoms with E-state index in [1.807, 2.05) is 22.1 Å². The summed E-state index contributed by atoms with van der Waals surface area (Å²) in [5, 5.41) is 11.7.